The molecule has 0 bridgehead atoms. The maximum absolute atomic E-state index is 13.2. The summed E-state index contributed by atoms with van der Waals surface area (Å²) >= 11 is 1.69. The average Bonchev–Trinajstić information content (AvgIpc) is 2.26. The second-order valence-corrected chi connectivity index (χ2v) is 5.17. The van der Waals surface area contributed by atoms with Gasteiger partial charge in [-0.3, -0.25) is 0 Å². The zero-order valence-corrected chi connectivity index (χ0v) is 11.4. The summed E-state index contributed by atoms with van der Waals surface area (Å²) in [4.78, 5) is 11.1. The van der Waals surface area contributed by atoms with E-state index >= 15 is 0 Å². The Hall–Kier alpha value is -1.23. The number of thioether (sulfide) groups is 1. The molecule has 0 aromatic heterocycles. The van der Waals surface area contributed by atoms with Crippen LogP contribution in [0.15, 0.2) is 18.2 Å². The van der Waals surface area contributed by atoms with Crippen molar-refractivity contribution in [2.24, 2.45) is 0 Å². The van der Waals surface area contributed by atoms with Crippen LogP contribution in [0.5, 0.6) is 0 Å². The quantitative estimate of drug-likeness (QED) is 0.748. The van der Waals surface area contributed by atoms with Crippen molar-refractivity contribution in [3.05, 3.63) is 29.6 Å². The Kier molecular flexibility index (Phi) is 5.98. The molecule has 0 fully saturated rings. The standard InChI is InChI=1S/C13H18FNO2S/c1-9-6-10(14)8-11(7-9)15-12(13(16)17)4-3-5-18-2/h6-8,12,15H,3-5H2,1-2H3,(H,16,17). The van der Waals surface area contributed by atoms with Gasteiger partial charge in [0.2, 0.25) is 0 Å². The minimum absolute atomic E-state index is 0.356. The lowest BCUT2D eigenvalue weighted by Gasteiger charge is -2.16. The third kappa shape index (κ3) is 4.96. The third-order valence-corrected chi connectivity index (χ3v) is 3.22. The number of aliphatic carboxylic acids is 1. The monoisotopic (exact) mass is 271 g/mol. The number of hydrogen-bond donors (Lipinski definition) is 2. The summed E-state index contributed by atoms with van der Waals surface area (Å²) in [5.74, 6) is -0.336. The molecule has 1 aromatic rings. The number of benzene rings is 1. The first-order valence-electron chi connectivity index (χ1n) is 5.78. The molecule has 0 spiro atoms. The van der Waals surface area contributed by atoms with Crippen LogP contribution in [0, 0.1) is 12.7 Å². The van der Waals surface area contributed by atoms with E-state index in [4.69, 9.17) is 5.11 Å². The molecule has 0 amide bonds. The minimum atomic E-state index is -0.905. The van der Waals surface area contributed by atoms with Crippen LogP contribution in [0.3, 0.4) is 0 Å². The van der Waals surface area contributed by atoms with Crippen molar-refractivity contribution in [1.29, 1.82) is 0 Å². The fourth-order valence-electron chi connectivity index (χ4n) is 1.71. The number of rotatable bonds is 7. The summed E-state index contributed by atoms with van der Waals surface area (Å²) in [6.45, 7) is 1.78. The van der Waals surface area contributed by atoms with Gasteiger partial charge in [-0.2, -0.15) is 11.8 Å². The van der Waals surface area contributed by atoms with Gasteiger partial charge >= 0.3 is 5.97 Å². The normalized spacial score (nSPS) is 12.2. The maximum Gasteiger partial charge on any atom is 0.326 e. The highest BCUT2D eigenvalue weighted by Gasteiger charge is 2.16. The van der Waals surface area contributed by atoms with Gasteiger partial charge in [-0.05, 0) is 55.5 Å². The van der Waals surface area contributed by atoms with E-state index < -0.39 is 12.0 Å². The molecule has 0 heterocycles. The topological polar surface area (TPSA) is 49.3 Å². The molecule has 0 aliphatic rings. The maximum atomic E-state index is 13.2. The van der Waals surface area contributed by atoms with E-state index in [2.05, 4.69) is 5.32 Å². The smallest absolute Gasteiger partial charge is 0.326 e. The molecule has 0 saturated carbocycles. The summed E-state index contributed by atoms with van der Waals surface area (Å²) in [6.07, 6.45) is 3.34. The average molecular weight is 271 g/mol. The van der Waals surface area contributed by atoms with Gasteiger partial charge in [0, 0.05) is 5.69 Å². The van der Waals surface area contributed by atoms with E-state index in [0.29, 0.717) is 12.1 Å². The summed E-state index contributed by atoms with van der Waals surface area (Å²) in [6, 6.07) is 3.80. The molecule has 0 radical (unpaired) electrons. The van der Waals surface area contributed by atoms with E-state index in [1.54, 1.807) is 24.8 Å². The van der Waals surface area contributed by atoms with E-state index in [0.717, 1.165) is 17.7 Å². The molecule has 100 valence electrons. The summed E-state index contributed by atoms with van der Waals surface area (Å²) in [5, 5.41) is 12.0. The predicted molar refractivity (Wildman–Crippen MR) is 73.8 cm³/mol. The number of anilines is 1. The SMILES string of the molecule is CSCCCC(Nc1cc(C)cc(F)c1)C(=O)O. The molecule has 18 heavy (non-hydrogen) atoms. The Balaban J connectivity index is 2.67. The van der Waals surface area contributed by atoms with Crippen molar-refractivity contribution in [2.45, 2.75) is 25.8 Å². The molecular weight excluding hydrogens is 253 g/mol. The largest absolute Gasteiger partial charge is 0.480 e. The van der Waals surface area contributed by atoms with Crippen LogP contribution in [0.25, 0.3) is 0 Å². The Morgan fingerprint density at radius 1 is 1.50 bits per heavy atom. The lowest BCUT2D eigenvalue weighted by molar-refractivity contribution is -0.138. The van der Waals surface area contributed by atoms with Crippen molar-refractivity contribution in [1.82, 2.24) is 0 Å². The minimum Gasteiger partial charge on any atom is -0.480 e. The molecule has 1 rings (SSSR count). The van der Waals surface area contributed by atoms with Crippen LogP contribution in [-0.2, 0) is 4.79 Å². The van der Waals surface area contributed by atoms with Crippen molar-refractivity contribution < 1.29 is 14.3 Å². The number of nitrogens with one attached hydrogen (secondary N) is 1. The van der Waals surface area contributed by atoms with Gasteiger partial charge < -0.3 is 10.4 Å². The number of halogens is 1. The molecule has 1 atom stereocenters. The van der Waals surface area contributed by atoms with Crippen LogP contribution in [-0.4, -0.2) is 29.1 Å². The molecule has 0 saturated heterocycles. The number of aryl methyl sites for hydroxylation is 1. The van der Waals surface area contributed by atoms with Crippen LogP contribution in [0.1, 0.15) is 18.4 Å². The Morgan fingerprint density at radius 2 is 2.22 bits per heavy atom. The molecule has 1 aromatic carbocycles. The molecule has 1 unspecified atom stereocenters. The van der Waals surface area contributed by atoms with Crippen LogP contribution in [0.2, 0.25) is 0 Å². The van der Waals surface area contributed by atoms with Gasteiger partial charge in [0.25, 0.3) is 0 Å². The van der Waals surface area contributed by atoms with Gasteiger partial charge in [-0.1, -0.05) is 0 Å². The summed E-state index contributed by atoms with van der Waals surface area (Å²) in [7, 11) is 0. The van der Waals surface area contributed by atoms with Gasteiger partial charge in [-0.15, -0.1) is 0 Å². The number of hydrogen-bond acceptors (Lipinski definition) is 3. The van der Waals surface area contributed by atoms with Crippen LogP contribution < -0.4 is 5.32 Å². The van der Waals surface area contributed by atoms with E-state index in [-0.39, 0.29) is 5.82 Å². The zero-order chi connectivity index (χ0) is 13.5. The Bertz CT molecular complexity index is 392. The fourth-order valence-corrected chi connectivity index (χ4v) is 2.17. The summed E-state index contributed by atoms with van der Waals surface area (Å²) < 4.78 is 13.2. The first kappa shape index (κ1) is 14.8. The molecule has 2 N–H and O–H groups in total. The van der Waals surface area contributed by atoms with Gasteiger partial charge in [0.1, 0.15) is 11.9 Å². The Labute approximate surface area is 111 Å². The van der Waals surface area contributed by atoms with Crippen molar-refractivity contribution >= 4 is 23.4 Å². The molecule has 0 aliphatic carbocycles. The highest BCUT2D eigenvalue weighted by Crippen LogP contribution is 2.16. The van der Waals surface area contributed by atoms with Crippen molar-refractivity contribution in [2.75, 3.05) is 17.3 Å². The zero-order valence-electron chi connectivity index (χ0n) is 10.6. The van der Waals surface area contributed by atoms with Crippen LogP contribution in [0.4, 0.5) is 10.1 Å². The number of carboxylic acids is 1. The fraction of sp³-hybridized carbons (Fsp3) is 0.462. The second kappa shape index (κ2) is 7.26. The Morgan fingerprint density at radius 3 is 2.78 bits per heavy atom. The van der Waals surface area contributed by atoms with E-state index in [1.807, 2.05) is 6.26 Å². The highest BCUT2D eigenvalue weighted by atomic mass is 32.2. The highest BCUT2D eigenvalue weighted by molar-refractivity contribution is 7.98. The number of carboxylic acid groups (broad SMARTS) is 1. The van der Waals surface area contributed by atoms with Gasteiger partial charge in [0.15, 0.2) is 0 Å². The van der Waals surface area contributed by atoms with E-state index in [9.17, 15) is 9.18 Å². The third-order valence-electron chi connectivity index (χ3n) is 2.52. The summed E-state index contributed by atoms with van der Waals surface area (Å²) in [5.41, 5.74) is 1.29. The molecule has 0 aliphatic heterocycles. The van der Waals surface area contributed by atoms with Crippen molar-refractivity contribution in [3.63, 3.8) is 0 Å². The molecular formula is C13H18FNO2S. The molecule has 5 heteroatoms. The lowest BCUT2D eigenvalue weighted by atomic mass is 10.1. The number of carbonyl (C=O) groups is 1. The lowest BCUT2D eigenvalue weighted by Crippen LogP contribution is -2.29. The first-order valence-corrected chi connectivity index (χ1v) is 7.18. The second-order valence-electron chi connectivity index (χ2n) is 4.19. The first-order chi connectivity index (χ1) is 8.52. The van der Waals surface area contributed by atoms with Crippen molar-refractivity contribution in [3.8, 4) is 0 Å². The van der Waals surface area contributed by atoms with E-state index in [1.165, 1.54) is 12.1 Å². The molecule has 3 nitrogen and oxygen atoms in total. The predicted octanol–water partition coefficient (Wildman–Crippen LogP) is 3.14. The van der Waals surface area contributed by atoms with Gasteiger partial charge in [0.05, 0.1) is 0 Å². The van der Waals surface area contributed by atoms with Gasteiger partial charge in [-0.25, -0.2) is 9.18 Å². The van der Waals surface area contributed by atoms with Crippen LogP contribution >= 0.6 is 11.8 Å².